The van der Waals surface area contributed by atoms with E-state index in [4.69, 9.17) is 0 Å². The Morgan fingerprint density at radius 3 is 2.43 bits per heavy atom. The van der Waals surface area contributed by atoms with E-state index in [1.807, 2.05) is 57.2 Å². The average Bonchev–Trinajstić information content (AvgIpc) is 2.99. The van der Waals surface area contributed by atoms with E-state index >= 15 is 0 Å². The maximum atomic E-state index is 13.0. The van der Waals surface area contributed by atoms with Gasteiger partial charge < -0.3 is 5.32 Å². The summed E-state index contributed by atoms with van der Waals surface area (Å²) in [6.07, 6.45) is 3.23. The standard InChI is InChI=1S/C24H24N2O3S/c1-4-25-22(28)15-26-23(14-20(27)19-8-6-5-7-17(19)3)30-21(24(26)29)13-18-11-9-16(2)10-12-18/h5-14H,4,15H2,1-3H3,(H,25,28). The Kier molecular flexibility index (Phi) is 6.79. The number of hydrogen-bond donors (Lipinski definition) is 1. The molecule has 0 aliphatic heterocycles. The smallest absolute Gasteiger partial charge is 0.269 e. The van der Waals surface area contributed by atoms with Gasteiger partial charge in [0.2, 0.25) is 5.91 Å². The number of ketones is 1. The van der Waals surface area contributed by atoms with Crippen molar-refractivity contribution >= 4 is 35.2 Å². The van der Waals surface area contributed by atoms with Gasteiger partial charge in [-0.05, 0) is 38.0 Å². The van der Waals surface area contributed by atoms with E-state index in [-0.39, 0.29) is 23.8 Å². The fraction of sp³-hybridized carbons (Fsp3) is 0.208. The zero-order chi connectivity index (χ0) is 21.7. The highest BCUT2D eigenvalue weighted by Gasteiger charge is 2.12. The fourth-order valence-electron chi connectivity index (χ4n) is 3.04. The van der Waals surface area contributed by atoms with Crippen molar-refractivity contribution in [3.8, 4) is 0 Å². The van der Waals surface area contributed by atoms with Gasteiger partial charge in [0, 0.05) is 18.2 Å². The molecule has 0 saturated carbocycles. The summed E-state index contributed by atoms with van der Waals surface area (Å²) >= 11 is 1.21. The van der Waals surface area contributed by atoms with Gasteiger partial charge >= 0.3 is 0 Å². The number of rotatable bonds is 6. The van der Waals surface area contributed by atoms with Gasteiger partial charge in [-0.15, -0.1) is 11.3 Å². The summed E-state index contributed by atoms with van der Waals surface area (Å²) in [5.74, 6) is -0.460. The van der Waals surface area contributed by atoms with E-state index in [1.165, 1.54) is 22.0 Å². The third-order valence-corrected chi connectivity index (χ3v) is 5.71. The lowest BCUT2D eigenvalue weighted by atomic mass is 10.1. The molecule has 5 nitrogen and oxygen atoms in total. The van der Waals surface area contributed by atoms with Gasteiger partial charge in [-0.2, -0.15) is 0 Å². The second kappa shape index (κ2) is 9.50. The van der Waals surface area contributed by atoms with Gasteiger partial charge in [0.25, 0.3) is 5.56 Å². The molecule has 1 heterocycles. The Labute approximate surface area is 179 Å². The number of nitrogens with zero attached hydrogens (tertiary/aromatic N) is 1. The second-order valence-electron chi connectivity index (χ2n) is 7.03. The maximum absolute atomic E-state index is 13.0. The van der Waals surface area contributed by atoms with Crippen LogP contribution in [0.2, 0.25) is 0 Å². The van der Waals surface area contributed by atoms with Crippen LogP contribution >= 0.6 is 11.3 Å². The molecule has 1 N–H and O–H groups in total. The van der Waals surface area contributed by atoms with E-state index in [0.717, 1.165) is 16.7 Å². The molecular formula is C24H24N2O3S. The van der Waals surface area contributed by atoms with Crippen LogP contribution in [0.25, 0.3) is 12.2 Å². The number of amides is 1. The van der Waals surface area contributed by atoms with Crippen LogP contribution in [0.5, 0.6) is 0 Å². The molecule has 3 aromatic rings. The van der Waals surface area contributed by atoms with Crippen molar-refractivity contribution in [2.45, 2.75) is 27.3 Å². The number of carbonyl (C=O) groups is 2. The lowest BCUT2D eigenvalue weighted by molar-refractivity contribution is -0.121. The van der Waals surface area contributed by atoms with E-state index in [9.17, 15) is 14.4 Å². The van der Waals surface area contributed by atoms with Crippen LogP contribution in [0.15, 0.2) is 53.3 Å². The molecule has 0 fully saturated rings. The predicted molar refractivity (Wildman–Crippen MR) is 121 cm³/mol. The van der Waals surface area contributed by atoms with E-state index in [0.29, 0.717) is 21.3 Å². The van der Waals surface area contributed by atoms with Gasteiger partial charge in [-0.25, -0.2) is 0 Å². The summed E-state index contributed by atoms with van der Waals surface area (Å²) in [4.78, 5) is 38.0. The lowest BCUT2D eigenvalue weighted by Crippen LogP contribution is -2.38. The zero-order valence-electron chi connectivity index (χ0n) is 17.3. The van der Waals surface area contributed by atoms with Crippen molar-refractivity contribution in [2.24, 2.45) is 0 Å². The molecular weight excluding hydrogens is 396 g/mol. The monoisotopic (exact) mass is 420 g/mol. The first kappa shape index (κ1) is 21.5. The molecule has 0 spiro atoms. The summed E-state index contributed by atoms with van der Waals surface area (Å²) in [5.41, 5.74) is 3.17. The Balaban J connectivity index is 2.14. The first-order valence-corrected chi connectivity index (χ1v) is 10.6. The summed E-state index contributed by atoms with van der Waals surface area (Å²) in [7, 11) is 0. The molecule has 3 rings (SSSR count). The SMILES string of the molecule is CCNC(=O)Cn1c(=CC(=O)c2ccccc2C)sc(=Cc2ccc(C)cc2)c1=O. The van der Waals surface area contributed by atoms with E-state index in [2.05, 4.69) is 5.32 Å². The average molecular weight is 421 g/mol. The van der Waals surface area contributed by atoms with Crippen LogP contribution in [0.4, 0.5) is 0 Å². The molecule has 1 aromatic heterocycles. The summed E-state index contributed by atoms with van der Waals surface area (Å²) in [5, 5.41) is 2.70. The van der Waals surface area contributed by atoms with Gasteiger partial charge in [-0.3, -0.25) is 19.0 Å². The van der Waals surface area contributed by atoms with E-state index in [1.54, 1.807) is 18.2 Å². The van der Waals surface area contributed by atoms with Crippen LogP contribution in [0, 0.1) is 13.8 Å². The number of nitrogens with one attached hydrogen (secondary N) is 1. The number of aromatic nitrogens is 1. The molecule has 0 unspecified atom stereocenters. The van der Waals surface area contributed by atoms with Crippen molar-refractivity contribution in [3.63, 3.8) is 0 Å². The molecule has 2 aromatic carbocycles. The van der Waals surface area contributed by atoms with Gasteiger partial charge in [0.15, 0.2) is 5.78 Å². The summed E-state index contributed by atoms with van der Waals surface area (Å²) in [6, 6.07) is 15.1. The van der Waals surface area contributed by atoms with E-state index < -0.39 is 0 Å². The van der Waals surface area contributed by atoms with Gasteiger partial charge in [0.05, 0.1) is 4.53 Å². The number of Topliss-reactive ketones (excluding diaryl/α,β-unsaturated/α-hetero) is 1. The van der Waals surface area contributed by atoms with Gasteiger partial charge in [0.1, 0.15) is 11.2 Å². The van der Waals surface area contributed by atoms with Crippen LogP contribution < -0.4 is 20.1 Å². The van der Waals surface area contributed by atoms with Crippen LogP contribution in [-0.2, 0) is 11.3 Å². The molecule has 0 radical (unpaired) electrons. The van der Waals surface area contributed by atoms with Gasteiger partial charge in [-0.1, -0.05) is 54.1 Å². The highest BCUT2D eigenvalue weighted by Crippen LogP contribution is 2.08. The molecule has 0 atom stereocenters. The van der Waals surface area contributed by atoms with Crippen LogP contribution in [0.3, 0.4) is 0 Å². The zero-order valence-corrected chi connectivity index (χ0v) is 18.1. The largest absolute Gasteiger partial charge is 0.355 e. The predicted octanol–water partition coefficient (Wildman–Crippen LogP) is 2.15. The molecule has 6 heteroatoms. The molecule has 0 aliphatic carbocycles. The highest BCUT2D eigenvalue weighted by atomic mass is 32.1. The molecule has 154 valence electrons. The number of hydrogen-bond acceptors (Lipinski definition) is 4. The van der Waals surface area contributed by atoms with Crippen molar-refractivity contribution in [3.05, 3.63) is 90.3 Å². The number of benzene rings is 2. The van der Waals surface area contributed by atoms with Crippen LogP contribution in [-0.4, -0.2) is 22.8 Å². The Hall–Kier alpha value is -3.25. The third kappa shape index (κ3) is 5.02. The first-order chi connectivity index (χ1) is 14.4. The molecule has 1 amide bonds. The molecule has 30 heavy (non-hydrogen) atoms. The third-order valence-electron chi connectivity index (χ3n) is 4.65. The van der Waals surface area contributed by atoms with Crippen molar-refractivity contribution < 1.29 is 9.59 Å². The summed E-state index contributed by atoms with van der Waals surface area (Å²) in [6.45, 7) is 6.03. The summed E-state index contributed by atoms with van der Waals surface area (Å²) < 4.78 is 2.30. The van der Waals surface area contributed by atoms with Crippen LogP contribution in [0.1, 0.15) is 34.0 Å². The highest BCUT2D eigenvalue weighted by molar-refractivity contribution is 7.07. The Morgan fingerprint density at radius 2 is 1.77 bits per heavy atom. The molecule has 0 aliphatic rings. The number of thiazole rings is 1. The Morgan fingerprint density at radius 1 is 1.07 bits per heavy atom. The Bertz CT molecular complexity index is 1250. The molecule has 0 saturated heterocycles. The normalized spacial score (nSPS) is 12.2. The maximum Gasteiger partial charge on any atom is 0.269 e. The molecule has 0 bridgehead atoms. The minimum atomic E-state index is -0.282. The fourth-order valence-corrected chi connectivity index (χ4v) is 4.08. The second-order valence-corrected chi connectivity index (χ2v) is 8.09. The number of likely N-dealkylation sites (N-methyl/N-ethyl adjacent to an activating group) is 1. The topological polar surface area (TPSA) is 68.2 Å². The minimum Gasteiger partial charge on any atom is -0.355 e. The minimum absolute atomic E-state index is 0.127. The number of aryl methyl sites for hydroxylation is 2. The number of carbonyl (C=O) groups excluding carboxylic acids is 2. The van der Waals surface area contributed by atoms with Crippen molar-refractivity contribution in [2.75, 3.05) is 6.54 Å². The van der Waals surface area contributed by atoms with Crippen molar-refractivity contribution in [1.82, 2.24) is 9.88 Å². The lowest BCUT2D eigenvalue weighted by Gasteiger charge is -2.03. The quantitative estimate of drug-likeness (QED) is 0.622. The van der Waals surface area contributed by atoms with Crippen molar-refractivity contribution in [1.29, 1.82) is 0 Å². The first-order valence-electron chi connectivity index (χ1n) is 9.75.